The van der Waals surface area contributed by atoms with E-state index in [2.05, 4.69) is 5.32 Å². The van der Waals surface area contributed by atoms with Crippen molar-refractivity contribution in [3.63, 3.8) is 0 Å². The molecule has 2 unspecified atom stereocenters. The minimum Gasteiger partial charge on any atom is -0.387 e. The van der Waals surface area contributed by atoms with Crippen LogP contribution in [0.2, 0.25) is 0 Å². The van der Waals surface area contributed by atoms with Gasteiger partial charge in [-0.3, -0.25) is 0 Å². The number of hydrogen-bond acceptors (Lipinski definition) is 3. The molecule has 2 N–H and O–H groups in total. The van der Waals surface area contributed by atoms with E-state index in [0.29, 0.717) is 13.2 Å². The van der Waals surface area contributed by atoms with Gasteiger partial charge < -0.3 is 15.2 Å². The molecule has 96 valence electrons. The second-order valence-electron chi connectivity index (χ2n) is 3.96. The Labute approximate surface area is 102 Å². The molecule has 0 aliphatic rings. The van der Waals surface area contributed by atoms with Gasteiger partial charge in [0.25, 0.3) is 0 Å². The van der Waals surface area contributed by atoms with Gasteiger partial charge in [-0.25, -0.2) is 4.39 Å². The third-order valence-electron chi connectivity index (χ3n) is 2.75. The van der Waals surface area contributed by atoms with Crippen LogP contribution in [0.5, 0.6) is 0 Å². The zero-order valence-electron chi connectivity index (χ0n) is 10.3. The minimum absolute atomic E-state index is 0.0457. The van der Waals surface area contributed by atoms with Crippen LogP contribution >= 0.6 is 0 Å². The van der Waals surface area contributed by atoms with Crippen LogP contribution in [0.15, 0.2) is 24.3 Å². The maximum Gasteiger partial charge on any atom is 0.123 e. The van der Waals surface area contributed by atoms with E-state index in [1.807, 2.05) is 6.92 Å². The lowest BCUT2D eigenvalue weighted by molar-refractivity contribution is 0.117. The largest absolute Gasteiger partial charge is 0.387 e. The van der Waals surface area contributed by atoms with Crippen molar-refractivity contribution in [2.45, 2.75) is 25.5 Å². The summed E-state index contributed by atoms with van der Waals surface area (Å²) in [6.07, 6.45) is 0.167. The molecule has 0 saturated carbocycles. The van der Waals surface area contributed by atoms with Crippen molar-refractivity contribution < 1.29 is 14.2 Å². The Morgan fingerprint density at radius 2 is 2.00 bits per heavy atom. The summed E-state index contributed by atoms with van der Waals surface area (Å²) in [5.41, 5.74) is 0.725. The third-order valence-corrected chi connectivity index (χ3v) is 2.75. The van der Waals surface area contributed by atoms with Crippen LogP contribution in [0.1, 0.15) is 25.0 Å². The van der Waals surface area contributed by atoms with Gasteiger partial charge in [0.1, 0.15) is 5.82 Å². The molecular formula is C13H20FNO2. The predicted octanol–water partition coefficient (Wildman–Crippen LogP) is 1.87. The average Bonchev–Trinajstić information content (AvgIpc) is 2.35. The van der Waals surface area contributed by atoms with Gasteiger partial charge in [0.05, 0.1) is 12.7 Å². The topological polar surface area (TPSA) is 41.5 Å². The molecular weight excluding hydrogens is 221 g/mol. The molecule has 0 aliphatic carbocycles. The van der Waals surface area contributed by atoms with E-state index in [0.717, 1.165) is 12.0 Å². The van der Waals surface area contributed by atoms with Crippen molar-refractivity contribution in [3.8, 4) is 0 Å². The van der Waals surface area contributed by atoms with Crippen LogP contribution in [0.3, 0.4) is 0 Å². The standard InChI is InChI=1S/C13H20FNO2/c1-3-12(15-8-9-17-2)13(16)10-4-6-11(14)7-5-10/h4-7,12-13,15-16H,3,8-9H2,1-2H3. The number of aliphatic hydroxyl groups excluding tert-OH is 1. The summed E-state index contributed by atoms with van der Waals surface area (Å²) in [6, 6.07) is 5.90. The van der Waals surface area contributed by atoms with Gasteiger partial charge in [-0.05, 0) is 24.1 Å². The highest BCUT2D eigenvalue weighted by molar-refractivity contribution is 5.19. The van der Waals surface area contributed by atoms with Gasteiger partial charge >= 0.3 is 0 Å². The smallest absolute Gasteiger partial charge is 0.123 e. The second kappa shape index (κ2) is 7.37. The fourth-order valence-corrected chi connectivity index (χ4v) is 1.72. The predicted molar refractivity (Wildman–Crippen MR) is 65.3 cm³/mol. The summed E-state index contributed by atoms with van der Waals surface area (Å²) in [7, 11) is 1.64. The molecule has 0 amide bonds. The summed E-state index contributed by atoms with van der Waals surface area (Å²) >= 11 is 0. The molecule has 17 heavy (non-hydrogen) atoms. The highest BCUT2D eigenvalue weighted by atomic mass is 19.1. The van der Waals surface area contributed by atoms with Crippen LogP contribution in [0, 0.1) is 5.82 Å². The number of ether oxygens (including phenoxy) is 1. The molecule has 4 heteroatoms. The summed E-state index contributed by atoms with van der Waals surface area (Å²) in [4.78, 5) is 0. The zero-order chi connectivity index (χ0) is 12.7. The first-order valence-electron chi connectivity index (χ1n) is 5.85. The van der Waals surface area contributed by atoms with Crippen LogP contribution in [-0.4, -0.2) is 31.4 Å². The fourth-order valence-electron chi connectivity index (χ4n) is 1.72. The van der Waals surface area contributed by atoms with Gasteiger partial charge in [-0.15, -0.1) is 0 Å². The number of halogens is 1. The highest BCUT2D eigenvalue weighted by Crippen LogP contribution is 2.19. The summed E-state index contributed by atoms with van der Waals surface area (Å²) in [5, 5.41) is 13.4. The van der Waals surface area contributed by atoms with Crippen molar-refractivity contribution >= 4 is 0 Å². The minimum atomic E-state index is -0.627. The van der Waals surface area contributed by atoms with E-state index in [1.165, 1.54) is 12.1 Å². The molecule has 0 bridgehead atoms. The van der Waals surface area contributed by atoms with Crippen molar-refractivity contribution in [1.82, 2.24) is 5.32 Å². The molecule has 1 rings (SSSR count). The lowest BCUT2D eigenvalue weighted by Gasteiger charge is -2.23. The summed E-state index contributed by atoms with van der Waals surface area (Å²) in [5.74, 6) is -0.290. The van der Waals surface area contributed by atoms with Crippen molar-refractivity contribution in [2.75, 3.05) is 20.3 Å². The normalized spacial score (nSPS) is 14.6. The fraction of sp³-hybridized carbons (Fsp3) is 0.538. The SMILES string of the molecule is CCC(NCCOC)C(O)c1ccc(F)cc1. The summed E-state index contributed by atoms with van der Waals surface area (Å²) < 4.78 is 17.7. The van der Waals surface area contributed by atoms with E-state index in [1.54, 1.807) is 19.2 Å². The number of hydrogen-bond donors (Lipinski definition) is 2. The number of benzene rings is 1. The molecule has 3 nitrogen and oxygen atoms in total. The maximum absolute atomic E-state index is 12.8. The first kappa shape index (κ1) is 14.1. The van der Waals surface area contributed by atoms with Crippen LogP contribution in [-0.2, 0) is 4.74 Å². The Balaban J connectivity index is 2.58. The molecule has 0 fully saturated rings. The Morgan fingerprint density at radius 1 is 1.35 bits per heavy atom. The van der Waals surface area contributed by atoms with Crippen LogP contribution < -0.4 is 5.32 Å². The molecule has 1 aromatic carbocycles. The molecule has 0 saturated heterocycles. The number of rotatable bonds is 7. The van der Waals surface area contributed by atoms with E-state index >= 15 is 0 Å². The van der Waals surface area contributed by atoms with Crippen molar-refractivity contribution in [1.29, 1.82) is 0 Å². The Hall–Kier alpha value is -0.970. The first-order chi connectivity index (χ1) is 8.19. The first-order valence-corrected chi connectivity index (χ1v) is 5.85. The van der Waals surface area contributed by atoms with Gasteiger partial charge in [-0.1, -0.05) is 19.1 Å². The van der Waals surface area contributed by atoms with Gasteiger partial charge in [0.15, 0.2) is 0 Å². The van der Waals surface area contributed by atoms with Gasteiger partial charge in [0.2, 0.25) is 0 Å². The lowest BCUT2D eigenvalue weighted by Crippen LogP contribution is -2.36. The van der Waals surface area contributed by atoms with Crippen LogP contribution in [0.4, 0.5) is 4.39 Å². The highest BCUT2D eigenvalue weighted by Gasteiger charge is 2.18. The van der Waals surface area contributed by atoms with Crippen LogP contribution in [0.25, 0.3) is 0 Å². The van der Waals surface area contributed by atoms with Gasteiger partial charge in [-0.2, -0.15) is 0 Å². The number of aliphatic hydroxyl groups is 1. The molecule has 1 aromatic rings. The Morgan fingerprint density at radius 3 is 2.53 bits per heavy atom. The zero-order valence-corrected chi connectivity index (χ0v) is 10.3. The lowest BCUT2D eigenvalue weighted by atomic mass is 10.0. The maximum atomic E-state index is 12.8. The van der Waals surface area contributed by atoms with Crippen molar-refractivity contribution in [3.05, 3.63) is 35.6 Å². The van der Waals surface area contributed by atoms with E-state index < -0.39 is 6.10 Å². The molecule has 0 spiro atoms. The monoisotopic (exact) mass is 241 g/mol. The average molecular weight is 241 g/mol. The number of methoxy groups -OCH3 is 1. The van der Waals surface area contributed by atoms with E-state index in [-0.39, 0.29) is 11.9 Å². The Bertz CT molecular complexity index is 316. The van der Waals surface area contributed by atoms with E-state index in [4.69, 9.17) is 4.74 Å². The molecule has 0 aliphatic heterocycles. The molecule has 0 radical (unpaired) electrons. The van der Waals surface area contributed by atoms with E-state index in [9.17, 15) is 9.50 Å². The molecule has 0 aromatic heterocycles. The summed E-state index contributed by atoms with van der Waals surface area (Å²) in [6.45, 7) is 3.29. The Kier molecular flexibility index (Phi) is 6.11. The number of nitrogens with one attached hydrogen (secondary N) is 1. The molecule has 0 heterocycles. The third kappa shape index (κ3) is 4.42. The second-order valence-corrected chi connectivity index (χ2v) is 3.96. The molecule has 2 atom stereocenters. The quantitative estimate of drug-likeness (QED) is 0.716. The van der Waals surface area contributed by atoms with Crippen molar-refractivity contribution in [2.24, 2.45) is 0 Å². The van der Waals surface area contributed by atoms with Gasteiger partial charge in [0, 0.05) is 19.7 Å².